The van der Waals surface area contributed by atoms with E-state index in [1.165, 1.54) is 42.4 Å². The van der Waals surface area contributed by atoms with Crippen LogP contribution in [-0.2, 0) is 5.41 Å². The molecule has 0 unspecified atom stereocenters. The van der Waals surface area contributed by atoms with Crippen molar-refractivity contribution in [3.05, 3.63) is 181 Å². The van der Waals surface area contributed by atoms with Crippen LogP contribution in [0.1, 0.15) is 25.0 Å². The van der Waals surface area contributed by atoms with Gasteiger partial charge in [0.2, 0.25) is 5.89 Å². The van der Waals surface area contributed by atoms with Crippen LogP contribution in [0.25, 0.3) is 86.9 Å². The zero-order valence-corrected chi connectivity index (χ0v) is 32.1. The van der Waals surface area contributed by atoms with E-state index in [0.29, 0.717) is 5.89 Å². The third-order valence-electron chi connectivity index (χ3n) is 11.9. The summed E-state index contributed by atoms with van der Waals surface area (Å²) in [6, 6.07) is 60.9. The molecule has 0 spiro atoms. The van der Waals surface area contributed by atoms with Crippen molar-refractivity contribution in [3.63, 3.8) is 0 Å². The number of fused-ring (bicyclic) bond motifs is 10. The molecule has 0 bridgehead atoms. The third-order valence-corrected chi connectivity index (χ3v) is 13.0. The number of thiophene rings is 1. The highest BCUT2D eigenvalue weighted by atomic mass is 32.1. The molecule has 0 radical (unpaired) electrons. The van der Waals surface area contributed by atoms with Gasteiger partial charge in [-0.15, -0.1) is 11.3 Å². The van der Waals surface area contributed by atoms with Crippen LogP contribution in [-0.4, -0.2) is 4.98 Å². The molecule has 11 aromatic rings. The molecule has 12 rings (SSSR count). The van der Waals surface area contributed by atoms with Gasteiger partial charge in [0, 0.05) is 65.1 Å². The van der Waals surface area contributed by atoms with E-state index < -0.39 is 0 Å². The fraction of sp³-hybridized carbons (Fsp3) is 0.0577. The molecular formula is C52H34N2O2S. The van der Waals surface area contributed by atoms with Crippen molar-refractivity contribution in [3.8, 4) is 33.7 Å². The summed E-state index contributed by atoms with van der Waals surface area (Å²) >= 11 is 1.85. The highest BCUT2D eigenvalue weighted by molar-refractivity contribution is 7.25. The summed E-state index contributed by atoms with van der Waals surface area (Å²) in [4.78, 5) is 7.17. The molecule has 0 N–H and O–H groups in total. The molecule has 57 heavy (non-hydrogen) atoms. The van der Waals surface area contributed by atoms with Gasteiger partial charge < -0.3 is 13.7 Å². The average Bonchev–Trinajstić information content (AvgIpc) is 4.00. The third kappa shape index (κ3) is 4.95. The maximum absolute atomic E-state index is 6.46. The lowest BCUT2D eigenvalue weighted by atomic mass is 9.82. The molecule has 270 valence electrons. The Labute approximate surface area is 332 Å². The summed E-state index contributed by atoms with van der Waals surface area (Å²) in [5, 5.41) is 4.67. The van der Waals surface area contributed by atoms with Crippen LogP contribution in [0.3, 0.4) is 0 Å². The molecule has 1 aliphatic rings. The van der Waals surface area contributed by atoms with Gasteiger partial charge in [-0.2, -0.15) is 0 Å². The first kappa shape index (κ1) is 32.3. The van der Waals surface area contributed by atoms with E-state index in [0.717, 1.165) is 66.8 Å². The number of hydrogen-bond acceptors (Lipinski definition) is 5. The Morgan fingerprint density at radius 3 is 2.04 bits per heavy atom. The van der Waals surface area contributed by atoms with Crippen LogP contribution in [0.2, 0.25) is 0 Å². The van der Waals surface area contributed by atoms with Gasteiger partial charge in [-0.3, -0.25) is 0 Å². The first-order chi connectivity index (χ1) is 28.0. The first-order valence-electron chi connectivity index (χ1n) is 19.3. The number of benzene rings is 8. The zero-order chi connectivity index (χ0) is 37.8. The molecule has 5 heteroatoms. The number of anilines is 3. The predicted molar refractivity (Wildman–Crippen MR) is 237 cm³/mol. The smallest absolute Gasteiger partial charge is 0.227 e. The zero-order valence-electron chi connectivity index (χ0n) is 31.3. The highest BCUT2D eigenvalue weighted by Crippen LogP contribution is 2.51. The van der Waals surface area contributed by atoms with Crippen molar-refractivity contribution in [1.82, 2.24) is 4.98 Å². The molecule has 0 amide bonds. The first-order valence-corrected chi connectivity index (χ1v) is 20.2. The molecular weight excluding hydrogens is 717 g/mol. The van der Waals surface area contributed by atoms with Gasteiger partial charge in [-0.05, 0) is 106 Å². The Morgan fingerprint density at radius 2 is 1.14 bits per heavy atom. The van der Waals surface area contributed by atoms with E-state index in [-0.39, 0.29) is 5.41 Å². The van der Waals surface area contributed by atoms with Crippen LogP contribution in [0.4, 0.5) is 17.1 Å². The topological polar surface area (TPSA) is 42.4 Å². The van der Waals surface area contributed by atoms with Crippen molar-refractivity contribution in [2.75, 3.05) is 4.90 Å². The van der Waals surface area contributed by atoms with Crippen LogP contribution in [0, 0.1) is 0 Å². The quantitative estimate of drug-likeness (QED) is 0.176. The van der Waals surface area contributed by atoms with Crippen molar-refractivity contribution in [2.45, 2.75) is 19.3 Å². The minimum absolute atomic E-state index is 0.104. The van der Waals surface area contributed by atoms with Gasteiger partial charge in [-0.25, -0.2) is 4.98 Å². The molecule has 4 nitrogen and oxygen atoms in total. The minimum Gasteiger partial charge on any atom is -0.456 e. The molecule has 3 aromatic heterocycles. The summed E-state index contributed by atoms with van der Waals surface area (Å²) < 4.78 is 15.2. The summed E-state index contributed by atoms with van der Waals surface area (Å²) in [7, 11) is 0. The van der Waals surface area contributed by atoms with Gasteiger partial charge in [0.1, 0.15) is 16.7 Å². The lowest BCUT2D eigenvalue weighted by Gasteiger charge is -2.28. The van der Waals surface area contributed by atoms with E-state index >= 15 is 0 Å². The lowest BCUT2D eigenvalue weighted by Crippen LogP contribution is -2.16. The number of oxazole rings is 1. The Morgan fingerprint density at radius 1 is 0.456 bits per heavy atom. The number of nitrogens with zero attached hydrogens (tertiary/aromatic N) is 2. The van der Waals surface area contributed by atoms with Gasteiger partial charge in [-0.1, -0.05) is 105 Å². The van der Waals surface area contributed by atoms with Crippen LogP contribution in [0.5, 0.6) is 0 Å². The van der Waals surface area contributed by atoms with Gasteiger partial charge >= 0.3 is 0 Å². The largest absolute Gasteiger partial charge is 0.456 e. The van der Waals surface area contributed by atoms with Gasteiger partial charge in [0.05, 0.1) is 0 Å². The molecule has 1 aliphatic carbocycles. The van der Waals surface area contributed by atoms with Crippen LogP contribution >= 0.6 is 11.3 Å². The Kier molecular flexibility index (Phi) is 6.82. The number of furan rings is 1. The molecule has 8 aromatic carbocycles. The average molecular weight is 751 g/mol. The van der Waals surface area contributed by atoms with Gasteiger partial charge in [0.25, 0.3) is 0 Å². The molecule has 3 heterocycles. The van der Waals surface area contributed by atoms with E-state index in [1.54, 1.807) is 0 Å². The number of rotatable bonds is 5. The van der Waals surface area contributed by atoms with E-state index in [2.05, 4.69) is 146 Å². The second-order valence-electron chi connectivity index (χ2n) is 15.6. The second-order valence-corrected chi connectivity index (χ2v) is 16.7. The van der Waals surface area contributed by atoms with E-state index in [9.17, 15) is 0 Å². The summed E-state index contributed by atoms with van der Waals surface area (Å²) in [6.45, 7) is 4.69. The van der Waals surface area contributed by atoms with Crippen LogP contribution in [0.15, 0.2) is 179 Å². The van der Waals surface area contributed by atoms with Crippen molar-refractivity contribution in [2.24, 2.45) is 0 Å². The minimum atomic E-state index is -0.104. The van der Waals surface area contributed by atoms with Gasteiger partial charge in [0.15, 0.2) is 5.58 Å². The van der Waals surface area contributed by atoms with Crippen molar-refractivity contribution in [1.29, 1.82) is 0 Å². The molecule has 0 aliphatic heterocycles. The highest BCUT2D eigenvalue weighted by Gasteiger charge is 2.35. The number of aromatic nitrogens is 1. The van der Waals surface area contributed by atoms with E-state index in [1.807, 2.05) is 53.8 Å². The van der Waals surface area contributed by atoms with E-state index in [4.69, 9.17) is 13.8 Å². The SMILES string of the molecule is CC1(C)c2ccccc2-c2ccc(N(c3ccc(-c4ccc5c(c4)oc4cc6nc(-c7ccccc7)oc6cc45)cc3)c3ccc4c(c3)sc3ccccc34)cc21. The predicted octanol–water partition coefficient (Wildman–Crippen LogP) is 15.2. The molecule has 0 saturated carbocycles. The summed E-state index contributed by atoms with van der Waals surface area (Å²) in [6.07, 6.45) is 0. The molecule has 0 saturated heterocycles. The number of hydrogen-bond donors (Lipinski definition) is 0. The maximum atomic E-state index is 6.46. The Hall–Kier alpha value is -6.95. The lowest BCUT2D eigenvalue weighted by molar-refractivity contribution is 0.620. The fourth-order valence-corrected chi connectivity index (χ4v) is 10.2. The monoisotopic (exact) mass is 750 g/mol. The fourth-order valence-electron chi connectivity index (χ4n) is 9.02. The standard InChI is InChI=1S/C52H34N2O2S/c1-52(2)43-14-8-6-12-37(43)38-24-21-35(27-44(38)52)54(36-22-25-41-40-13-7-9-15-49(40)57-50(41)28-36)34-19-16-31(17-20-34)33-18-23-39-42-29-48-45(30-47(42)55-46(39)26-33)53-51(56-48)32-10-4-3-5-11-32/h3-30H,1-2H3. The Bertz CT molecular complexity index is 3390. The normalized spacial score (nSPS) is 13.2. The van der Waals surface area contributed by atoms with Crippen LogP contribution < -0.4 is 4.90 Å². The maximum Gasteiger partial charge on any atom is 0.227 e. The van der Waals surface area contributed by atoms with Crippen molar-refractivity contribution >= 4 is 81.6 Å². The summed E-state index contributed by atoms with van der Waals surface area (Å²) in [5.41, 5.74) is 15.0. The summed E-state index contributed by atoms with van der Waals surface area (Å²) in [5.74, 6) is 0.609. The molecule has 0 atom stereocenters. The molecule has 0 fully saturated rings. The van der Waals surface area contributed by atoms with Crippen molar-refractivity contribution < 1.29 is 8.83 Å². The Balaban J connectivity index is 0.939. The second kappa shape index (κ2) is 12.0.